The van der Waals surface area contributed by atoms with Crippen LogP contribution in [0.2, 0.25) is 0 Å². The molecule has 0 atom stereocenters. The molecule has 2 rings (SSSR count). The molecule has 0 N–H and O–H groups in total. The van der Waals surface area contributed by atoms with Crippen molar-refractivity contribution in [1.29, 1.82) is 0 Å². The van der Waals surface area contributed by atoms with E-state index in [9.17, 15) is 8.42 Å². The highest BCUT2D eigenvalue weighted by Crippen LogP contribution is 2.23. The van der Waals surface area contributed by atoms with Crippen molar-refractivity contribution in [3.05, 3.63) is 23.8 Å². The Labute approximate surface area is 84.9 Å². The molecule has 0 aliphatic rings. The summed E-state index contributed by atoms with van der Waals surface area (Å²) in [6.45, 7) is 1.81. The highest BCUT2D eigenvalue weighted by atomic mass is 35.7. The maximum absolute atomic E-state index is 10.9. The fourth-order valence-electron chi connectivity index (χ4n) is 1.17. The van der Waals surface area contributed by atoms with Crippen molar-refractivity contribution in [3.63, 3.8) is 0 Å². The van der Waals surface area contributed by atoms with Crippen LogP contribution in [0.25, 0.3) is 11.1 Å². The van der Waals surface area contributed by atoms with Crippen LogP contribution in [0.15, 0.2) is 27.8 Å². The number of benzene rings is 1. The SMILES string of the molecule is Cc1cccc2oc(S(=O)(=O)Cl)nc12. The summed E-state index contributed by atoms with van der Waals surface area (Å²) in [5, 5.41) is -0.455. The minimum atomic E-state index is -3.89. The van der Waals surface area contributed by atoms with Crippen LogP contribution in [0.5, 0.6) is 0 Å². The van der Waals surface area contributed by atoms with Crippen molar-refractivity contribution in [2.45, 2.75) is 12.1 Å². The fourth-order valence-corrected chi connectivity index (χ4v) is 1.76. The number of halogens is 1. The van der Waals surface area contributed by atoms with Crippen LogP contribution in [-0.4, -0.2) is 13.4 Å². The zero-order valence-corrected chi connectivity index (χ0v) is 8.76. The van der Waals surface area contributed by atoms with Crippen molar-refractivity contribution in [3.8, 4) is 0 Å². The second kappa shape index (κ2) is 2.96. The van der Waals surface area contributed by atoms with Gasteiger partial charge in [0.2, 0.25) is 0 Å². The summed E-state index contributed by atoms with van der Waals surface area (Å²) in [6.07, 6.45) is 0. The van der Waals surface area contributed by atoms with Gasteiger partial charge in [0.1, 0.15) is 5.52 Å². The minimum Gasteiger partial charge on any atom is -0.427 e. The molecule has 6 heteroatoms. The van der Waals surface area contributed by atoms with E-state index in [4.69, 9.17) is 15.1 Å². The quantitative estimate of drug-likeness (QED) is 0.705. The molecule has 0 unspecified atom stereocenters. The predicted molar refractivity (Wildman–Crippen MR) is 51.8 cm³/mol. The molecule has 0 aliphatic carbocycles. The van der Waals surface area contributed by atoms with Crippen molar-refractivity contribution >= 4 is 30.8 Å². The van der Waals surface area contributed by atoms with Crippen LogP contribution in [0.1, 0.15) is 5.56 Å². The second-order valence-corrected chi connectivity index (χ2v) is 5.28. The Bertz CT molecular complexity index is 588. The molecule has 0 spiro atoms. The molecular weight excluding hydrogens is 226 g/mol. The van der Waals surface area contributed by atoms with Crippen LogP contribution >= 0.6 is 10.7 Å². The van der Waals surface area contributed by atoms with Crippen molar-refractivity contribution in [2.24, 2.45) is 0 Å². The van der Waals surface area contributed by atoms with Gasteiger partial charge in [-0.2, -0.15) is 4.98 Å². The van der Waals surface area contributed by atoms with Gasteiger partial charge in [0.15, 0.2) is 5.58 Å². The number of oxazole rings is 1. The van der Waals surface area contributed by atoms with Crippen LogP contribution in [0, 0.1) is 6.92 Å². The van der Waals surface area contributed by atoms with E-state index < -0.39 is 14.3 Å². The maximum Gasteiger partial charge on any atom is 0.332 e. The van der Waals surface area contributed by atoms with Gasteiger partial charge in [-0.3, -0.25) is 0 Å². The molecule has 0 saturated carbocycles. The molecule has 1 aromatic heterocycles. The smallest absolute Gasteiger partial charge is 0.332 e. The summed E-state index contributed by atoms with van der Waals surface area (Å²) in [4.78, 5) is 3.80. The molecule has 0 radical (unpaired) electrons. The highest BCUT2D eigenvalue weighted by molar-refractivity contribution is 8.13. The van der Waals surface area contributed by atoms with Gasteiger partial charge in [-0.05, 0) is 18.6 Å². The van der Waals surface area contributed by atoms with Crippen LogP contribution in [-0.2, 0) is 9.05 Å². The summed E-state index contributed by atoms with van der Waals surface area (Å²) in [5.41, 5.74) is 1.79. The first-order valence-electron chi connectivity index (χ1n) is 3.79. The summed E-state index contributed by atoms with van der Waals surface area (Å²) < 4.78 is 26.8. The molecular formula is C8H6ClNO3S. The average Bonchev–Trinajstić information content (AvgIpc) is 2.48. The number of hydrogen-bond acceptors (Lipinski definition) is 4. The summed E-state index contributed by atoms with van der Waals surface area (Å²) in [6, 6.07) is 5.21. The summed E-state index contributed by atoms with van der Waals surface area (Å²) >= 11 is 0. The lowest BCUT2D eigenvalue weighted by Crippen LogP contribution is -1.89. The first kappa shape index (κ1) is 9.48. The number of para-hydroxylation sites is 1. The van der Waals surface area contributed by atoms with Crippen LogP contribution < -0.4 is 0 Å². The van der Waals surface area contributed by atoms with Crippen LogP contribution in [0.4, 0.5) is 0 Å². The lowest BCUT2D eigenvalue weighted by Gasteiger charge is -1.88. The zero-order valence-electron chi connectivity index (χ0n) is 7.19. The molecule has 14 heavy (non-hydrogen) atoms. The number of aromatic nitrogens is 1. The molecule has 0 saturated heterocycles. The van der Waals surface area contributed by atoms with E-state index in [1.54, 1.807) is 12.1 Å². The van der Waals surface area contributed by atoms with Gasteiger partial charge in [0.25, 0.3) is 0 Å². The Hall–Kier alpha value is -1.07. The number of hydrogen-bond donors (Lipinski definition) is 0. The molecule has 0 bridgehead atoms. The summed E-state index contributed by atoms with van der Waals surface area (Å²) in [5.74, 6) is 0. The first-order chi connectivity index (χ1) is 6.48. The van der Waals surface area contributed by atoms with E-state index in [0.29, 0.717) is 11.1 Å². The standard InChI is InChI=1S/C8H6ClNO3S/c1-5-3-2-4-6-7(5)10-8(13-6)14(9,11)12/h2-4H,1H3. The van der Waals surface area contributed by atoms with E-state index in [0.717, 1.165) is 5.56 Å². The third kappa shape index (κ3) is 1.49. The van der Waals surface area contributed by atoms with Crippen molar-refractivity contribution < 1.29 is 12.8 Å². The average molecular weight is 232 g/mol. The lowest BCUT2D eigenvalue weighted by molar-refractivity contribution is 0.464. The normalized spacial score (nSPS) is 12.1. The van der Waals surface area contributed by atoms with E-state index >= 15 is 0 Å². The number of aryl methyl sites for hydroxylation is 1. The van der Waals surface area contributed by atoms with E-state index in [1.807, 2.05) is 13.0 Å². The van der Waals surface area contributed by atoms with E-state index in [2.05, 4.69) is 4.98 Å². The topological polar surface area (TPSA) is 60.2 Å². The Kier molecular flexibility index (Phi) is 2.01. The van der Waals surface area contributed by atoms with Gasteiger partial charge >= 0.3 is 14.3 Å². The first-order valence-corrected chi connectivity index (χ1v) is 6.10. The number of fused-ring (bicyclic) bond motifs is 1. The molecule has 0 amide bonds. The van der Waals surface area contributed by atoms with Crippen molar-refractivity contribution in [2.75, 3.05) is 0 Å². The number of nitrogens with zero attached hydrogens (tertiary/aromatic N) is 1. The predicted octanol–water partition coefficient (Wildman–Crippen LogP) is 2.06. The van der Waals surface area contributed by atoms with Gasteiger partial charge in [-0.15, -0.1) is 0 Å². The molecule has 0 aliphatic heterocycles. The van der Waals surface area contributed by atoms with Gasteiger partial charge in [0, 0.05) is 10.7 Å². The van der Waals surface area contributed by atoms with E-state index in [1.165, 1.54) is 0 Å². The minimum absolute atomic E-state index is 0.421. The molecule has 4 nitrogen and oxygen atoms in total. The largest absolute Gasteiger partial charge is 0.427 e. The van der Waals surface area contributed by atoms with Crippen molar-refractivity contribution in [1.82, 2.24) is 4.98 Å². The third-order valence-electron chi connectivity index (χ3n) is 1.81. The highest BCUT2D eigenvalue weighted by Gasteiger charge is 2.18. The van der Waals surface area contributed by atoms with Gasteiger partial charge in [-0.25, -0.2) is 8.42 Å². The lowest BCUT2D eigenvalue weighted by atomic mass is 10.2. The number of rotatable bonds is 1. The second-order valence-electron chi connectivity index (χ2n) is 2.84. The van der Waals surface area contributed by atoms with Gasteiger partial charge in [-0.1, -0.05) is 12.1 Å². The third-order valence-corrected chi connectivity index (χ3v) is 2.80. The molecule has 1 heterocycles. The molecule has 2 aromatic rings. The van der Waals surface area contributed by atoms with Crippen LogP contribution in [0.3, 0.4) is 0 Å². The summed E-state index contributed by atoms with van der Waals surface area (Å²) in [7, 11) is 1.21. The Morgan fingerprint density at radius 3 is 2.71 bits per heavy atom. The Balaban J connectivity index is 2.81. The van der Waals surface area contributed by atoms with Gasteiger partial charge < -0.3 is 4.42 Å². The Morgan fingerprint density at radius 2 is 2.14 bits per heavy atom. The Morgan fingerprint density at radius 1 is 1.43 bits per heavy atom. The van der Waals surface area contributed by atoms with E-state index in [-0.39, 0.29) is 0 Å². The maximum atomic E-state index is 10.9. The zero-order chi connectivity index (χ0) is 10.3. The molecule has 74 valence electrons. The monoisotopic (exact) mass is 231 g/mol. The fraction of sp³-hybridized carbons (Fsp3) is 0.125. The van der Waals surface area contributed by atoms with Gasteiger partial charge in [0.05, 0.1) is 0 Å². The molecule has 1 aromatic carbocycles. The molecule has 0 fully saturated rings.